The second kappa shape index (κ2) is 7.89. The fourth-order valence-electron chi connectivity index (χ4n) is 2.58. The molecular weight excluding hydrogens is 362 g/mol. The molecule has 0 spiro atoms. The number of benzene rings is 2. The molecule has 0 radical (unpaired) electrons. The summed E-state index contributed by atoms with van der Waals surface area (Å²) in [4.78, 5) is 13.5. The van der Waals surface area contributed by atoms with Gasteiger partial charge < -0.3 is 14.8 Å². The summed E-state index contributed by atoms with van der Waals surface area (Å²) in [6.07, 6.45) is 1.74. The van der Waals surface area contributed by atoms with Crippen LogP contribution in [-0.2, 0) is 11.4 Å². The van der Waals surface area contributed by atoms with Crippen LogP contribution in [0.4, 0.5) is 0 Å². The maximum atomic E-state index is 12.1. The number of carbonyl (C=O) groups is 1. The van der Waals surface area contributed by atoms with Crippen molar-refractivity contribution in [1.82, 2.24) is 10.2 Å². The second-order valence-corrected chi connectivity index (χ2v) is 6.24. The number of hydrogen-bond acceptors (Lipinski definition) is 5. The Morgan fingerprint density at radius 3 is 2.59 bits per heavy atom. The average molecular weight is 379 g/mol. The number of thiocarbonyl (C=S) groups is 1. The van der Waals surface area contributed by atoms with E-state index in [1.165, 1.54) is 4.90 Å². The molecular formula is C20H17N3O3S. The minimum Gasteiger partial charge on any atom is -0.496 e. The molecule has 0 bridgehead atoms. The van der Waals surface area contributed by atoms with Crippen molar-refractivity contribution in [3.05, 3.63) is 64.9 Å². The first-order valence-corrected chi connectivity index (χ1v) is 8.53. The zero-order chi connectivity index (χ0) is 19.4. The van der Waals surface area contributed by atoms with Gasteiger partial charge in [-0.25, -0.2) is 0 Å². The van der Waals surface area contributed by atoms with Gasteiger partial charge in [0.2, 0.25) is 0 Å². The van der Waals surface area contributed by atoms with Gasteiger partial charge in [-0.2, -0.15) is 5.26 Å². The van der Waals surface area contributed by atoms with E-state index >= 15 is 0 Å². The molecule has 0 aromatic heterocycles. The summed E-state index contributed by atoms with van der Waals surface area (Å²) in [6.45, 7) is 0.284. The van der Waals surface area contributed by atoms with Gasteiger partial charge in [0.25, 0.3) is 5.91 Å². The number of rotatable bonds is 5. The van der Waals surface area contributed by atoms with Crippen molar-refractivity contribution in [1.29, 1.82) is 5.26 Å². The van der Waals surface area contributed by atoms with Gasteiger partial charge >= 0.3 is 0 Å². The Morgan fingerprint density at radius 1 is 1.26 bits per heavy atom. The fourth-order valence-corrected chi connectivity index (χ4v) is 2.77. The number of methoxy groups -OCH3 is 1. The number of carbonyl (C=O) groups excluding carboxylic acids is 1. The van der Waals surface area contributed by atoms with Gasteiger partial charge in [0.05, 0.1) is 18.7 Å². The first-order chi connectivity index (χ1) is 13.0. The van der Waals surface area contributed by atoms with Gasteiger partial charge in [0.15, 0.2) is 5.11 Å². The lowest BCUT2D eigenvalue weighted by molar-refractivity contribution is -0.121. The smallest absolute Gasteiger partial charge is 0.276 e. The van der Waals surface area contributed by atoms with Crippen molar-refractivity contribution in [2.45, 2.75) is 6.61 Å². The van der Waals surface area contributed by atoms with E-state index in [1.54, 1.807) is 44.5 Å². The van der Waals surface area contributed by atoms with Crippen molar-refractivity contribution in [2.24, 2.45) is 0 Å². The SMILES string of the molecule is COc1ccc(/C=C2/NC(=S)N(C)C2=O)cc1COc1ccc(C#N)cc1. The van der Waals surface area contributed by atoms with Crippen LogP contribution in [-0.4, -0.2) is 30.1 Å². The summed E-state index contributed by atoms with van der Waals surface area (Å²) in [7, 11) is 3.22. The molecule has 0 atom stereocenters. The van der Waals surface area contributed by atoms with E-state index in [2.05, 4.69) is 11.4 Å². The molecule has 1 N–H and O–H groups in total. The predicted molar refractivity (Wildman–Crippen MR) is 105 cm³/mol. The molecule has 1 amide bonds. The number of likely N-dealkylation sites (N-methyl/N-ethyl adjacent to an activating group) is 1. The third-order valence-corrected chi connectivity index (χ3v) is 4.45. The summed E-state index contributed by atoms with van der Waals surface area (Å²) in [5.41, 5.74) is 2.65. The standard InChI is InChI=1S/C20H17N3O3S/c1-23-19(24)17(22-20(23)27)10-14-5-8-18(25-2)15(9-14)12-26-16-6-3-13(11-21)4-7-16/h3-10H,12H2,1-2H3,(H,22,27)/b17-10+. The third kappa shape index (κ3) is 4.07. The highest BCUT2D eigenvalue weighted by atomic mass is 32.1. The Balaban J connectivity index is 1.80. The summed E-state index contributed by atoms with van der Waals surface area (Å²) < 4.78 is 11.2. The van der Waals surface area contributed by atoms with Gasteiger partial charge in [-0.05, 0) is 60.3 Å². The molecule has 1 aliphatic rings. The van der Waals surface area contributed by atoms with Crippen molar-refractivity contribution in [3.8, 4) is 17.6 Å². The molecule has 6 nitrogen and oxygen atoms in total. The molecule has 1 saturated heterocycles. The van der Waals surface area contributed by atoms with Crippen molar-refractivity contribution in [2.75, 3.05) is 14.2 Å². The molecule has 0 saturated carbocycles. The topological polar surface area (TPSA) is 74.6 Å². The van der Waals surface area contributed by atoms with E-state index in [0.29, 0.717) is 27.9 Å². The Kier molecular flexibility index (Phi) is 5.38. The lowest BCUT2D eigenvalue weighted by Gasteiger charge is -2.11. The highest BCUT2D eigenvalue weighted by Crippen LogP contribution is 2.24. The molecule has 0 unspecified atom stereocenters. The zero-order valence-corrected chi connectivity index (χ0v) is 15.7. The average Bonchev–Trinajstić information content (AvgIpc) is 2.93. The van der Waals surface area contributed by atoms with Crippen molar-refractivity contribution < 1.29 is 14.3 Å². The van der Waals surface area contributed by atoms with Crippen LogP contribution in [0, 0.1) is 11.3 Å². The first-order valence-electron chi connectivity index (χ1n) is 8.12. The van der Waals surface area contributed by atoms with Crippen LogP contribution in [0.25, 0.3) is 6.08 Å². The van der Waals surface area contributed by atoms with E-state index in [-0.39, 0.29) is 12.5 Å². The Bertz CT molecular complexity index is 961. The van der Waals surface area contributed by atoms with Crippen LogP contribution in [0.15, 0.2) is 48.2 Å². The van der Waals surface area contributed by atoms with Crippen LogP contribution in [0.2, 0.25) is 0 Å². The Hall–Kier alpha value is -3.37. The molecule has 2 aromatic rings. The molecule has 1 fully saturated rings. The molecule has 3 rings (SSSR count). The van der Waals surface area contributed by atoms with Crippen LogP contribution in [0.1, 0.15) is 16.7 Å². The summed E-state index contributed by atoms with van der Waals surface area (Å²) >= 11 is 5.08. The summed E-state index contributed by atoms with van der Waals surface area (Å²) in [6, 6.07) is 14.5. The van der Waals surface area contributed by atoms with E-state index in [4.69, 9.17) is 27.0 Å². The van der Waals surface area contributed by atoms with Crippen molar-refractivity contribution in [3.63, 3.8) is 0 Å². The molecule has 1 aliphatic heterocycles. The molecule has 2 aromatic carbocycles. The first kappa shape index (κ1) is 18.4. The molecule has 1 heterocycles. The number of nitriles is 1. The Labute approximate surface area is 162 Å². The van der Waals surface area contributed by atoms with Crippen LogP contribution in [0.5, 0.6) is 11.5 Å². The minimum absolute atomic E-state index is 0.175. The Morgan fingerprint density at radius 2 is 2.00 bits per heavy atom. The molecule has 7 heteroatoms. The molecule has 0 aliphatic carbocycles. The zero-order valence-electron chi connectivity index (χ0n) is 14.9. The normalized spacial score (nSPS) is 14.9. The quantitative estimate of drug-likeness (QED) is 0.636. The summed E-state index contributed by atoms with van der Waals surface area (Å²) in [5, 5.41) is 12.1. The number of amides is 1. The highest BCUT2D eigenvalue weighted by Gasteiger charge is 2.26. The van der Waals surface area contributed by atoms with E-state index in [1.807, 2.05) is 18.2 Å². The maximum Gasteiger partial charge on any atom is 0.276 e. The number of nitrogens with zero attached hydrogens (tertiary/aromatic N) is 2. The predicted octanol–water partition coefficient (Wildman–Crippen LogP) is 2.83. The monoisotopic (exact) mass is 379 g/mol. The van der Waals surface area contributed by atoms with Gasteiger partial charge in [0, 0.05) is 12.6 Å². The van der Waals surface area contributed by atoms with E-state index in [9.17, 15) is 4.79 Å². The molecule has 136 valence electrons. The number of ether oxygens (including phenoxy) is 2. The third-order valence-electron chi connectivity index (χ3n) is 4.07. The van der Waals surface area contributed by atoms with Gasteiger partial charge in [-0.15, -0.1) is 0 Å². The lowest BCUT2D eigenvalue weighted by atomic mass is 10.1. The summed E-state index contributed by atoms with van der Waals surface area (Å²) in [5.74, 6) is 1.16. The van der Waals surface area contributed by atoms with Gasteiger partial charge in [-0.3, -0.25) is 9.69 Å². The fraction of sp³-hybridized carbons (Fsp3) is 0.150. The number of hydrogen-bond donors (Lipinski definition) is 1. The highest BCUT2D eigenvalue weighted by molar-refractivity contribution is 7.80. The number of nitrogens with one attached hydrogen (secondary N) is 1. The lowest BCUT2D eigenvalue weighted by Crippen LogP contribution is -2.25. The maximum absolute atomic E-state index is 12.1. The van der Waals surface area contributed by atoms with Crippen LogP contribution in [0.3, 0.4) is 0 Å². The second-order valence-electron chi connectivity index (χ2n) is 5.85. The van der Waals surface area contributed by atoms with Crippen molar-refractivity contribution >= 4 is 29.3 Å². The largest absolute Gasteiger partial charge is 0.496 e. The van der Waals surface area contributed by atoms with Gasteiger partial charge in [0.1, 0.15) is 23.8 Å². The van der Waals surface area contributed by atoms with Crippen LogP contribution < -0.4 is 14.8 Å². The van der Waals surface area contributed by atoms with E-state index in [0.717, 1.165) is 11.1 Å². The van der Waals surface area contributed by atoms with Gasteiger partial charge in [-0.1, -0.05) is 6.07 Å². The minimum atomic E-state index is -0.175. The molecule has 27 heavy (non-hydrogen) atoms. The van der Waals surface area contributed by atoms with Crippen LogP contribution >= 0.6 is 12.2 Å². The van der Waals surface area contributed by atoms with E-state index < -0.39 is 0 Å².